The van der Waals surface area contributed by atoms with Crippen LogP contribution < -0.4 is 5.32 Å². The molecule has 5 heteroatoms. The van der Waals surface area contributed by atoms with Gasteiger partial charge >= 0.3 is 0 Å². The Morgan fingerprint density at radius 3 is 2.76 bits per heavy atom. The third-order valence-corrected chi connectivity index (χ3v) is 4.71. The van der Waals surface area contributed by atoms with Crippen LogP contribution in [-0.4, -0.2) is 36.2 Å². The summed E-state index contributed by atoms with van der Waals surface area (Å²) in [7, 11) is 0. The average Bonchev–Trinajstić information content (AvgIpc) is 3.04. The highest BCUT2D eigenvalue weighted by molar-refractivity contribution is 7.10. The summed E-state index contributed by atoms with van der Waals surface area (Å²) in [5.41, 5.74) is 1.40. The number of hydrogen-bond donors (Lipinski definition) is 2. The van der Waals surface area contributed by atoms with Gasteiger partial charge in [-0.25, -0.2) is 0 Å². The largest absolute Gasteiger partial charge is 0.508 e. The average molecular weight is 299 g/mol. The van der Waals surface area contributed by atoms with E-state index in [2.05, 4.69) is 27.7 Å². The maximum Gasteiger partial charge on any atom is 0.120 e. The van der Waals surface area contributed by atoms with Crippen LogP contribution in [0.1, 0.15) is 22.0 Å². The maximum atomic E-state index is 10.3. The van der Waals surface area contributed by atoms with Gasteiger partial charge in [0.1, 0.15) is 5.75 Å². The van der Waals surface area contributed by atoms with Crippen molar-refractivity contribution in [3.63, 3.8) is 0 Å². The standard InChI is InChI=1S/C16H17N3OS/c17-11-12-3-4-14(20)13(10-12)16(15-2-1-9-21-15)19-7-5-18-6-8-19/h1-4,9-10,16,18,20H,5-8H2/t16-/m0/s1. The summed E-state index contributed by atoms with van der Waals surface area (Å²) in [6.45, 7) is 3.75. The minimum absolute atomic E-state index is 0.0143. The van der Waals surface area contributed by atoms with E-state index in [1.165, 1.54) is 4.88 Å². The molecule has 3 rings (SSSR count). The van der Waals surface area contributed by atoms with E-state index in [1.54, 1.807) is 23.5 Å². The van der Waals surface area contributed by atoms with E-state index in [9.17, 15) is 5.11 Å². The van der Waals surface area contributed by atoms with Gasteiger partial charge in [-0.1, -0.05) is 6.07 Å². The molecule has 1 aliphatic heterocycles. The summed E-state index contributed by atoms with van der Waals surface area (Å²) in [5, 5.41) is 24.8. The Labute approximate surface area is 128 Å². The monoisotopic (exact) mass is 299 g/mol. The number of nitrogens with zero attached hydrogens (tertiary/aromatic N) is 2. The smallest absolute Gasteiger partial charge is 0.120 e. The summed E-state index contributed by atoms with van der Waals surface area (Å²) in [5.74, 6) is 0.255. The molecule has 1 aromatic carbocycles. The minimum atomic E-state index is 0.0143. The van der Waals surface area contributed by atoms with Crippen molar-refractivity contribution in [1.82, 2.24) is 10.2 Å². The van der Waals surface area contributed by atoms with Crippen LogP contribution >= 0.6 is 11.3 Å². The van der Waals surface area contributed by atoms with Crippen molar-refractivity contribution in [3.8, 4) is 11.8 Å². The Bertz CT molecular complexity index is 642. The third-order valence-electron chi connectivity index (χ3n) is 3.78. The summed E-state index contributed by atoms with van der Waals surface area (Å²) < 4.78 is 0. The van der Waals surface area contributed by atoms with Crippen LogP contribution in [0.4, 0.5) is 0 Å². The Hall–Kier alpha value is -1.87. The summed E-state index contributed by atoms with van der Waals surface area (Å²) in [4.78, 5) is 3.56. The maximum absolute atomic E-state index is 10.3. The molecule has 1 atom stereocenters. The van der Waals surface area contributed by atoms with Crippen molar-refractivity contribution in [2.45, 2.75) is 6.04 Å². The lowest BCUT2D eigenvalue weighted by molar-refractivity contribution is 0.198. The van der Waals surface area contributed by atoms with E-state index in [0.29, 0.717) is 5.56 Å². The lowest BCUT2D eigenvalue weighted by Gasteiger charge is -2.35. The molecule has 1 aliphatic rings. The van der Waals surface area contributed by atoms with Crippen molar-refractivity contribution in [3.05, 3.63) is 51.7 Å². The van der Waals surface area contributed by atoms with Gasteiger partial charge in [0, 0.05) is 36.6 Å². The molecule has 0 spiro atoms. The molecule has 1 saturated heterocycles. The molecule has 108 valence electrons. The number of hydrogen-bond acceptors (Lipinski definition) is 5. The molecule has 2 heterocycles. The number of nitriles is 1. The molecule has 1 aromatic heterocycles. The number of piperazine rings is 1. The predicted octanol–water partition coefficient (Wildman–Crippen LogP) is 2.32. The van der Waals surface area contributed by atoms with E-state index in [-0.39, 0.29) is 11.8 Å². The number of nitrogens with one attached hydrogen (secondary N) is 1. The van der Waals surface area contributed by atoms with Crippen molar-refractivity contribution >= 4 is 11.3 Å². The zero-order chi connectivity index (χ0) is 14.7. The molecular weight excluding hydrogens is 282 g/mol. The van der Waals surface area contributed by atoms with Crippen LogP contribution in [0.25, 0.3) is 0 Å². The van der Waals surface area contributed by atoms with E-state index in [1.807, 2.05) is 12.1 Å². The molecule has 0 saturated carbocycles. The molecular formula is C16H17N3OS. The second kappa shape index (κ2) is 6.27. The molecule has 21 heavy (non-hydrogen) atoms. The molecule has 2 aromatic rings. The lowest BCUT2D eigenvalue weighted by atomic mass is 9.99. The SMILES string of the molecule is N#Cc1ccc(O)c([C@@H](c2cccs2)N2CCNCC2)c1. The first-order valence-corrected chi connectivity index (χ1v) is 7.89. The zero-order valence-corrected chi connectivity index (χ0v) is 12.4. The predicted molar refractivity (Wildman–Crippen MR) is 83.4 cm³/mol. The van der Waals surface area contributed by atoms with Crippen LogP contribution in [-0.2, 0) is 0 Å². The van der Waals surface area contributed by atoms with Crippen LogP contribution in [0.15, 0.2) is 35.7 Å². The second-order valence-corrected chi connectivity index (χ2v) is 6.07. The van der Waals surface area contributed by atoms with E-state index >= 15 is 0 Å². The summed E-state index contributed by atoms with van der Waals surface area (Å²) >= 11 is 1.69. The number of benzene rings is 1. The van der Waals surface area contributed by atoms with Gasteiger partial charge in [0.05, 0.1) is 17.7 Å². The molecule has 0 unspecified atom stereocenters. The van der Waals surface area contributed by atoms with Gasteiger partial charge in [-0.15, -0.1) is 11.3 Å². The number of aromatic hydroxyl groups is 1. The number of phenols is 1. The van der Waals surface area contributed by atoms with Crippen LogP contribution in [0.5, 0.6) is 5.75 Å². The Balaban J connectivity index is 2.05. The Morgan fingerprint density at radius 1 is 1.29 bits per heavy atom. The minimum Gasteiger partial charge on any atom is -0.508 e. The van der Waals surface area contributed by atoms with Gasteiger partial charge < -0.3 is 10.4 Å². The van der Waals surface area contributed by atoms with E-state index in [4.69, 9.17) is 5.26 Å². The van der Waals surface area contributed by atoms with Crippen molar-refractivity contribution < 1.29 is 5.11 Å². The molecule has 0 amide bonds. The quantitative estimate of drug-likeness (QED) is 0.913. The van der Waals surface area contributed by atoms with Gasteiger partial charge in [-0.05, 0) is 29.6 Å². The van der Waals surface area contributed by atoms with Crippen molar-refractivity contribution in [1.29, 1.82) is 5.26 Å². The highest BCUT2D eigenvalue weighted by Gasteiger charge is 2.27. The first-order valence-electron chi connectivity index (χ1n) is 7.01. The van der Waals surface area contributed by atoms with Crippen LogP contribution in [0, 0.1) is 11.3 Å². The summed E-state index contributed by atoms with van der Waals surface area (Å²) in [6, 6.07) is 11.4. The Morgan fingerprint density at radius 2 is 2.10 bits per heavy atom. The van der Waals surface area contributed by atoms with Gasteiger partial charge in [0.15, 0.2) is 0 Å². The van der Waals surface area contributed by atoms with Crippen molar-refractivity contribution in [2.75, 3.05) is 26.2 Å². The fraction of sp³-hybridized carbons (Fsp3) is 0.312. The van der Waals surface area contributed by atoms with Crippen molar-refractivity contribution in [2.24, 2.45) is 0 Å². The molecule has 0 radical (unpaired) electrons. The fourth-order valence-electron chi connectivity index (χ4n) is 2.76. The fourth-order valence-corrected chi connectivity index (χ4v) is 3.64. The topological polar surface area (TPSA) is 59.3 Å². The molecule has 2 N–H and O–H groups in total. The van der Waals surface area contributed by atoms with Crippen LogP contribution in [0.2, 0.25) is 0 Å². The molecule has 4 nitrogen and oxygen atoms in total. The van der Waals surface area contributed by atoms with Gasteiger partial charge in [-0.2, -0.15) is 5.26 Å². The van der Waals surface area contributed by atoms with E-state index < -0.39 is 0 Å². The lowest BCUT2D eigenvalue weighted by Crippen LogP contribution is -2.45. The van der Waals surface area contributed by atoms with Gasteiger partial charge in [0.2, 0.25) is 0 Å². The van der Waals surface area contributed by atoms with E-state index in [0.717, 1.165) is 31.7 Å². The number of rotatable bonds is 3. The van der Waals surface area contributed by atoms with Crippen LogP contribution in [0.3, 0.4) is 0 Å². The molecule has 0 bridgehead atoms. The van der Waals surface area contributed by atoms with Gasteiger partial charge in [0.25, 0.3) is 0 Å². The number of thiophene rings is 1. The first kappa shape index (κ1) is 14.1. The molecule has 0 aliphatic carbocycles. The third kappa shape index (κ3) is 2.93. The van der Waals surface area contributed by atoms with Gasteiger partial charge in [-0.3, -0.25) is 4.90 Å². The second-order valence-electron chi connectivity index (χ2n) is 5.09. The zero-order valence-electron chi connectivity index (χ0n) is 11.6. The number of phenolic OH excluding ortho intramolecular Hbond substituents is 1. The highest BCUT2D eigenvalue weighted by Crippen LogP contribution is 2.36. The highest BCUT2D eigenvalue weighted by atomic mass is 32.1. The Kier molecular flexibility index (Phi) is 4.20. The molecule has 1 fully saturated rings. The normalized spacial score (nSPS) is 17.3. The first-order chi connectivity index (χ1) is 10.3. The summed E-state index contributed by atoms with van der Waals surface area (Å²) in [6.07, 6.45) is 0.